The molecule has 1 N–H and O–H groups in total. The van der Waals surface area contributed by atoms with Gasteiger partial charge in [-0.15, -0.1) is 0 Å². The summed E-state index contributed by atoms with van der Waals surface area (Å²) in [5, 5.41) is 3.10. The predicted octanol–water partition coefficient (Wildman–Crippen LogP) is 1.24. The van der Waals surface area contributed by atoms with Crippen LogP contribution >= 0.6 is 0 Å². The van der Waals surface area contributed by atoms with Gasteiger partial charge < -0.3 is 15.0 Å². The van der Waals surface area contributed by atoms with Gasteiger partial charge >= 0.3 is 0 Å². The molecule has 1 unspecified atom stereocenters. The zero-order chi connectivity index (χ0) is 13.5. The van der Waals surface area contributed by atoms with E-state index in [1.807, 2.05) is 11.0 Å². The smallest absolute Gasteiger partial charge is 0.236 e. The number of hydrogen-bond donors (Lipinski definition) is 1. The first-order valence-electron chi connectivity index (χ1n) is 6.83. The molecule has 1 heterocycles. The van der Waals surface area contributed by atoms with Gasteiger partial charge in [0.05, 0.1) is 13.2 Å². The van der Waals surface area contributed by atoms with Crippen LogP contribution in [0.1, 0.15) is 17.9 Å². The van der Waals surface area contributed by atoms with Gasteiger partial charge in [0.25, 0.3) is 0 Å². The molecule has 0 radical (unpaired) electrons. The average molecular weight is 262 g/mol. The number of nitrogens with zero attached hydrogens (tertiary/aromatic N) is 1. The molecule has 2 rings (SSSR count). The van der Waals surface area contributed by atoms with Crippen LogP contribution in [0, 0.1) is 0 Å². The molecular formula is C15H22N2O2. The number of methoxy groups -OCH3 is 1. The molecule has 1 amide bonds. The van der Waals surface area contributed by atoms with E-state index in [0.717, 1.165) is 26.1 Å². The minimum absolute atomic E-state index is 0.189. The number of nitrogens with one attached hydrogen (secondary N) is 1. The Labute approximate surface area is 114 Å². The van der Waals surface area contributed by atoms with Gasteiger partial charge in [0.2, 0.25) is 5.91 Å². The highest BCUT2D eigenvalue weighted by atomic mass is 16.5. The van der Waals surface area contributed by atoms with Gasteiger partial charge in [0.1, 0.15) is 0 Å². The Morgan fingerprint density at radius 3 is 2.95 bits per heavy atom. The first-order valence-corrected chi connectivity index (χ1v) is 6.83. The third-order valence-electron chi connectivity index (χ3n) is 3.57. The summed E-state index contributed by atoms with van der Waals surface area (Å²) in [7, 11) is 1.66. The van der Waals surface area contributed by atoms with Crippen LogP contribution in [0.15, 0.2) is 30.3 Å². The van der Waals surface area contributed by atoms with Gasteiger partial charge in [0.15, 0.2) is 0 Å². The van der Waals surface area contributed by atoms with Crippen LogP contribution in [0.5, 0.6) is 0 Å². The molecule has 0 aromatic heterocycles. The van der Waals surface area contributed by atoms with Crippen LogP contribution in [0.3, 0.4) is 0 Å². The molecule has 19 heavy (non-hydrogen) atoms. The summed E-state index contributed by atoms with van der Waals surface area (Å²) in [6, 6.07) is 10.4. The highest BCUT2D eigenvalue weighted by Crippen LogP contribution is 2.26. The van der Waals surface area contributed by atoms with Gasteiger partial charge in [-0.1, -0.05) is 30.3 Å². The fourth-order valence-electron chi connectivity index (χ4n) is 2.47. The lowest BCUT2D eigenvalue weighted by Gasteiger charge is -2.17. The van der Waals surface area contributed by atoms with E-state index in [4.69, 9.17) is 4.74 Å². The minimum atomic E-state index is 0.189. The maximum atomic E-state index is 12.0. The zero-order valence-electron chi connectivity index (χ0n) is 11.5. The summed E-state index contributed by atoms with van der Waals surface area (Å²) in [5.74, 6) is 0.679. The molecule has 1 saturated heterocycles. The van der Waals surface area contributed by atoms with Crippen LogP contribution in [0.2, 0.25) is 0 Å². The Balaban J connectivity index is 1.77. The van der Waals surface area contributed by atoms with Crippen molar-refractivity contribution in [3.05, 3.63) is 35.9 Å². The van der Waals surface area contributed by atoms with Crippen LogP contribution in [-0.4, -0.2) is 50.7 Å². The van der Waals surface area contributed by atoms with Crippen molar-refractivity contribution in [1.82, 2.24) is 10.2 Å². The summed E-state index contributed by atoms with van der Waals surface area (Å²) < 4.78 is 4.94. The molecule has 1 aromatic rings. The summed E-state index contributed by atoms with van der Waals surface area (Å²) >= 11 is 0. The minimum Gasteiger partial charge on any atom is -0.383 e. The molecule has 1 fully saturated rings. The molecule has 1 aliphatic heterocycles. The van der Waals surface area contributed by atoms with E-state index in [1.165, 1.54) is 5.56 Å². The summed E-state index contributed by atoms with van der Waals surface area (Å²) in [4.78, 5) is 14.0. The zero-order valence-corrected chi connectivity index (χ0v) is 11.5. The van der Waals surface area contributed by atoms with Gasteiger partial charge in [-0.25, -0.2) is 0 Å². The first-order chi connectivity index (χ1) is 9.31. The number of benzene rings is 1. The fraction of sp³-hybridized carbons (Fsp3) is 0.533. The quantitative estimate of drug-likeness (QED) is 0.784. The second-order valence-electron chi connectivity index (χ2n) is 4.91. The van der Waals surface area contributed by atoms with E-state index in [2.05, 4.69) is 29.6 Å². The third kappa shape index (κ3) is 4.04. The Hall–Kier alpha value is -1.39. The largest absolute Gasteiger partial charge is 0.383 e. The van der Waals surface area contributed by atoms with Crippen molar-refractivity contribution in [2.45, 2.75) is 12.3 Å². The monoisotopic (exact) mass is 262 g/mol. The number of carbonyl (C=O) groups is 1. The second-order valence-corrected chi connectivity index (χ2v) is 4.91. The van der Waals surface area contributed by atoms with Crippen molar-refractivity contribution in [2.75, 3.05) is 39.9 Å². The van der Waals surface area contributed by atoms with Crippen LogP contribution in [0.4, 0.5) is 0 Å². The lowest BCUT2D eigenvalue weighted by atomic mass is 9.99. The Bertz CT molecular complexity index is 394. The van der Waals surface area contributed by atoms with Crippen LogP contribution in [0.25, 0.3) is 0 Å². The SMILES string of the molecule is COCCNCC(=O)N1CCC(c2ccccc2)C1. The lowest BCUT2D eigenvalue weighted by Crippen LogP contribution is -2.37. The van der Waals surface area contributed by atoms with E-state index >= 15 is 0 Å². The molecule has 0 aliphatic carbocycles. The van der Waals surface area contributed by atoms with E-state index in [0.29, 0.717) is 19.1 Å². The van der Waals surface area contributed by atoms with E-state index < -0.39 is 0 Å². The van der Waals surface area contributed by atoms with Crippen LogP contribution in [-0.2, 0) is 9.53 Å². The Morgan fingerprint density at radius 2 is 2.21 bits per heavy atom. The molecule has 4 heteroatoms. The predicted molar refractivity (Wildman–Crippen MR) is 75.1 cm³/mol. The van der Waals surface area contributed by atoms with Crippen molar-refractivity contribution in [3.63, 3.8) is 0 Å². The molecule has 0 saturated carbocycles. The average Bonchev–Trinajstić information content (AvgIpc) is 2.94. The van der Waals surface area contributed by atoms with Crippen molar-refractivity contribution >= 4 is 5.91 Å². The first kappa shape index (κ1) is 14.0. The highest BCUT2D eigenvalue weighted by molar-refractivity contribution is 5.78. The molecular weight excluding hydrogens is 240 g/mol. The number of hydrogen-bond acceptors (Lipinski definition) is 3. The summed E-state index contributed by atoms with van der Waals surface area (Å²) in [6.45, 7) is 3.47. The maximum absolute atomic E-state index is 12.0. The van der Waals surface area contributed by atoms with Gasteiger partial charge in [-0.05, 0) is 12.0 Å². The fourth-order valence-corrected chi connectivity index (χ4v) is 2.47. The Kier molecular flexibility index (Phi) is 5.36. The number of amides is 1. The van der Waals surface area contributed by atoms with Gasteiger partial charge in [-0.3, -0.25) is 4.79 Å². The number of likely N-dealkylation sites (tertiary alicyclic amines) is 1. The molecule has 4 nitrogen and oxygen atoms in total. The van der Waals surface area contributed by atoms with E-state index in [1.54, 1.807) is 7.11 Å². The van der Waals surface area contributed by atoms with Crippen molar-refractivity contribution in [1.29, 1.82) is 0 Å². The van der Waals surface area contributed by atoms with Crippen LogP contribution < -0.4 is 5.32 Å². The normalized spacial score (nSPS) is 18.8. The van der Waals surface area contributed by atoms with Gasteiger partial charge in [-0.2, -0.15) is 0 Å². The Morgan fingerprint density at radius 1 is 1.42 bits per heavy atom. The van der Waals surface area contributed by atoms with Crippen molar-refractivity contribution in [3.8, 4) is 0 Å². The number of rotatable bonds is 6. The van der Waals surface area contributed by atoms with E-state index in [9.17, 15) is 4.79 Å². The number of ether oxygens (including phenoxy) is 1. The molecule has 1 atom stereocenters. The topological polar surface area (TPSA) is 41.6 Å². The summed E-state index contributed by atoms with van der Waals surface area (Å²) in [6.07, 6.45) is 1.06. The third-order valence-corrected chi connectivity index (χ3v) is 3.57. The molecule has 0 bridgehead atoms. The van der Waals surface area contributed by atoms with Gasteiger partial charge in [0, 0.05) is 32.7 Å². The molecule has 0 spiro atoms. The number of carbonyl (C=O) groups excluding carboxylic acids is 1. The molecule has 104 valence electrons. The van der Waals surface area contributed by atoms with Crippen molar-refractivity contribution < 1.29 is 9.53 Å². The summed E-state index contributed by atoms with van der Waals surface area (Å²) in [5.41, 5.74) is 1.34. The lowest BCUT2D eigenvalue weighted by molar-refractivity contribution is -0.129. The standard InChI is InChI=1S/C15H22N2O2/c1-19-10-8-16-11-15(18)17-9-7-14(12-17)13-5-3-2-4-6-13/h2-6,14,16H,7-12H2,1H3. The van der Waals surface area contributed by atoms with Crippen molar-refractivity contribution in [2.24, 2.45) is 0 Å². The maximum Gasteiger partial charge on any atom is 0.236 e. The molecule has 1 aliphatic rings. The second kappa shape index (κ2) is 7.26. The highest BCUT2D eigenvalue weighted by Gasteiger charge is 2.26. The van der Waals surface area contributed by atoms with E-state index in [-0.39, 0.29) is 5.91 Å². The molecule has 1 aromatic carbocycles.